The van der Waals surface area contributed by atoms with Crippen molar-refractivity contribution in [2.24, 2.45) is 5.92 Å². The molecule has 0 aromatic carbocycles. The van der Waals surface area contributed by atoms with Crippen LogP contribution in [-0.4, -0.2) is 75.5 Å². The summed E-state index contributed by atoms with van der Waals surface area (Å²) in [5.74, 6) is -0.483. The molecule has 0 N–H and O–H groups in total. The Morgan fingerprint density at radius 3 is 1.93 bits per heavy atom. The zero-order valence-corrected chi connectivity index (χ0v) is 19.5. The van der Waals surface area contributed by atoms with E-state index in [1.165, 1.54) is 31.3 Å². The summed E-state index contributed by atoms with van der Waals surface area (Å²) in [5, 5.41) is 3.45. The molecule has 2 aromatic heterocycles. The number of hydrogen-bond donors (Lipinski definition) is 0. The molecule has 2 aliphatic heterocycles. The highest BCUT2D eigenvalue weighted by Gasteiger charge is 2.37. The highest BCUT2D eigenvalue weighted by Crippen LogP contribution is 2.28. The second-order valence-corrected chi connectivity index (χ2v) is 13.5. The topological polar surface area (TPSA) is 95.1 Å². The molecule has 2 aliphatic rings. The predicted octanol–water partition coefficient (Wildman–Crippen LogP) is 1.74. The van der Waals surface area contributed by atoms with Gasteiger partial charge in [-0.2, -0.15) is 8.61 Å². The number of carbonyl (C=O) groups excluding carboxylic acids is 1. The van der Waals surface area contributed by atoms with Crippen LogP contribution in [0.5, 0.6) is 0 Å². The van der Waals surface area contributed by atoms with Gasteiger partial charge in [-0.3, -0.25) is 4.79 Å². The lowest BCUT2D eigenvalue weighted by molar-refractivity contribution is -0.137. The average molecular weight is 490 g/mol. The van der Waals surface area contributed by atoms with Crippen molar-refractivity contribution in [1.29, 1.82) is 0 Å². The van der Waals surface area contributed by atoms with Gasteiger partial charge in [-0.15, -0.1) is 22.7 Å². The highest BCUT2D eigenvalue weighted by atomic mass is 32.3. The van der Waals surface area contributed by atoms with Crippen LogP contribution in [0.25, 0.3) is 0 Å². The fraction of sp³-hybridized carbons (Fsp3) is 0.500. The van der Waals surface area contributed by atoms with E-state index in [1.807, 2.05) is 0 Å². The normalized spacial score (nSPS) is 22.3. The number of nitrogens with zero attached hydrogens (tertiary/aromatic N) is 3. The Kier molecular flexibility index (Phi) is 6.33. The summed E-state index contributed by atoms with van der Waals surface area (Å²) in [7, 11) is -7.09. The summed E-state index contributed by atoms with van der Waals surface area (Å²) in [6, 6.07) is 6.57. The van der Waals surface area contributed by atoms with Crippen LogP contribution in [-0.2, 0) is 24.8 Å². The van der Waals surface area contributed by atoms with Crippen LogP contribution in [0.3, 0.4) is 0 Å². The first kappa shape index (κ1) is 21.9. The van der Waals surface area contributed by atoms with Crippen LogP contribution in [0.1, 0.15) is 12.8 Å². The van der Waals surface area contributed by atoms with Gasteiger partial charge in [0.05, 0.1) is 5.92 Å². The number of piperidine rings is 1. The van der Waals surface area contributed by atoms with Crippen molar-refractivity contribution in [1.82, 2.24) is 13.5 Å². The second-order valence-electron chi connectivity index (χ2n) is 7.30. The summed E-state index contributed by atoms with van der Waals surface area (Å²) in [6.45, 7) is 1.71. The van der Waals surface area contributed by atoms with Crippen molar-refractivity contribution >= 4 is 48.6 Å². The summed E-state index contributed by atoms with van der Waals surface area (Å²) < 4.78 is 54.3. The minimum absolute atomic E-state index is 0.0887. The molecule has 0 spiro atoms. The number of carbonyl (C=O) groups is 1. The smallest absolute Gasteiger partial charge is 0.252 e. The van der Waals surface area contributed by atoms with Crippen LogP contribution < -0.4 is 0 Å². The molecule has 12 heteroatoms. The van der Waals surface area contributed by atoms with E-state index in [4.69, 9.17) is 0 Å². The lowest BCUT2D eigenvalue weighted by Gasteiger charge is -2.38. The molecule has 1 atom stereocenters. The molecule has 2 aromatic rings. The van der Waals surface area contributed by atoms with Crippen LogP contribution in [0, 0.1) is 5.92 Å². The van der Waals surface area contributed by atoms with Gasteiger partial charge in [0.15, 0.2) is 0 Å². The van der Waals surface area contributed by atoms with Gasteiger partial charge < -0.3 is 4.90 Å². The van der Waals surface area contributed by atoms with E-state index in [9.17, 15) is 21.6 Å². The molecular weight excluding hydrogens is 466 g/mol. The summed E-state index contributed by atoms with van der Waals surface area (Å²) in [4.78, 5) is 14.7. The van der Waals surface area contributed by atoms with Gasteiger partial charge in [-0.1, -0.05) is 12.1 Å². The van der Waals surface area contributed by atoms with E-state index in [1.54, 1.807) is 39.9 Å². The van der Waals surface area contributed by atoms with Crippen molar-refractivity contribution in [2.75, 3.05) is 39.3 Å². The van der Waals surface area contributed by atoms with E-state index in [0.717, 1.165) is 0 Å². The lowest BCUT2D eigenvalue weighted by atomic mass is 9.98. The van der Waals surface area contributed by atoms with E-state index in [2.05, 4.69) is 0 Å². The van der Waals surface area contributed by atoms with Crippen molar-refractivity contribution < 1.29 is 21.6 Å². The van der Waals surface area contributed by atoms with Gasteiger partial charge in [0.2, 0.25) is 5.91 Å². The largest absolute Gasteiger partial charge is 0.340 e. The molecule has 4 heterocycles. The summed E-state index contributed by atoms with van der Waals surface area (Å²) in [6.07, 6.45) is 1.27. The second kappa shape index (κ2) is 8.67. The standard InChI is InChI=1S/C18H23N3O5S4/c22-18(15-4-1-7-21(14-15)30(25,26)17-6-3-13-28-17)19-8-10-20(11-9-19)29(23,24)16-5-2-12-27-16/h2-3,5-6,12-13,15H,1,4,7-11,14H2. The number of sulfonamides is 2. The van der Waals surface area contributed by atoms with Crippen LogP contribution in [0.2, 0.25) is 0 Å². The number of rotatable bonds is 5. The first-order valence-corrected chi connectivity index (χ1v) is 14.3. The quantitative estimate of drug-likeness (QED) is 0.638. The number of thiophene rings is 2. The third-order valence-corrected chi connectivity index (χ3v) is 12.0. The first-order chi connectivity index (χ1) is 14.3. The molecule has 2 fully saturated rings. The molecule has 164 valence electrons. The lowest BCUT2D eigenvalue weighted by Crippen LogP contribution is -2.53. The third kappa shape index (κ3) is 4.21. The zero-order valence-electron chi connectivity index (χ0n) is 16.2. The zero-order chi connectivity index (χ0) is 21.4. The molecule has 30 heavy (non-hydrogen) atoms. The fourth-order valence-electron chi connectivity index (χ4n) is 3.84. The SMILES string of the molecule is O=C(C1CCCN(S(=O)(=O)c2cccs2)C1)N1CCN(S(=O)(=O)c2cccs2)CC1. The van der Waals surface area contributed by atoms with E-state index >= 15 is 0 Å². The van der Waals surface area contributed by atoms with Crippen LogP contribution in [0.15, 0.2) is 43.4 Å². The van der Waals surface area contributed by atoms with Crippen LogP contribution in [0.4, 0.5) is 0 Å². The molecule has 1 unspecified atom stereocenters. The van der Waals surface area contributed by atoms with Crippen molar-refractivity contribution in [3.8, 4) is 0 Å². The number of amides is 1. The van der Waals surface area contributed by atoms with Crippen molar-refractivity contribution in [2.45, 2.75) is 21.3 Å². The molecule has 0 bridgehead atoms. The predicted molar refractivity (Wildman–Crippen MR) is 115 cm³/mol. The molecule has 0 aliphatic carbocycles. The Morgan fingerprint density at radius 2 is 1.40 bits per heavy atom. The Labute approximate surface area is 184 Å². The fourth-order valence-corrected chi connectivity index (χ4v) is 9.08. The van der Waals surface area contributed by atoms with Gasteiger partial charge in [0.25, 0.3) is 20.0 Å². The summed E-state index contributed by atoms with van der Waals surface area (Å²) >= 11 is 2.36. The van der Waals surface area contributed by atoms with E-state index in [-0.39, 0.29) is 25.5 Å². The van der Waals surface area contributed by atoms with Crippen molar-refractivity contribution in [3.05, 3.63) is 35.0 Å². The molecule has 1 amide bonds. The minimum Gasteiger partial charge on any atom is -0.340 e. The van der Waals surface area contributed by atoms with E-state index in [0.29, 0.717) is 40.9 Å². The number of hydrogen-bond acceptors (Lipinski definition) is 7. The molecule has 8 nitrogen and oxygen atoms in total. The van der Waals surface area contributed by atoms with Gasteiger partial charge in [0, 0.05) is 39.3 Å². The van der Waals surface area contributed by atoms with Gasteiger partial charge in [-0.25, -0.2) is 16.8 Å². The molecule has 4 rings (SSSR count). The third-order valence-electron chi connectivity index (χ3n) is 5.46. The maximum Gasteiger partial charge on any atom is 0.252 e. The average Bonchev–Trinajstić information content (AvgIpc) is 3.48. The minimum atomic E-state index is -3.57. The summed E-state index contributed by atoms with van der Waals surface area (Å²) in [5.41, 5.74) is 0. The van der Waals surface area contributed by atoms with Gasteiger partial charge in [-0.05, 0) is 35.7 Å². The van der Waals surface area contributed by atoms with Crippen molar-refractivity contribution in [3.63, 3.8) is 0 Å². The molecule has 2 saturated heterocycles. The van der Waals surface area contributed by atoms with Gasteiger partial charge >= 0.3 is 0 Å². The Balaban J connectivity index is 1.38. The Bertz CT molecular complexity index is 1070. The van der Waals surface area contributed by atoms with E-state index < -0.39 is 26.0 Å². The Hall–Kier alpha value is -1.31. The number of piperazine rings is 1. The first-order valence-electron chi connectivity index (χ1n) is 9.66. The highest BCUT2D eigenvalue weighted by molar-refractivity contribution is 7.91. The van der Waals surface area contributed by atoms with Gasteiger partial charge in [0.1, 0.15) is 8.42 Å². The Morgan fingerprint density at radius 1 is 0.833 bits per heavy atom. The van der Waals surface area contributed by atoms with Crippen LogP contribution >= 0.6 is 22.7 Å². The molecule has 0 saturated carbocycles. The maximum atomic E-state index is 13.0. The maximum absolute atomic E-state index is 13.0. The molecule has 0 radical (unpaired) electrons. The monoisotopic (exact) mass is 489 g/mol. The molecular formula is C18H23N3O5S4.